The van der Waals surface area contributed by atoms with Crippen molar-refractivity contribution in [1.29, 1.82) is 5.26 Å². The van der Waals surface area contributed by atoms with E-state index in [4.69, 9.17) is 4.74 Å². The van der Waals surface area contributed by atoms with Crippen LogP contribution in [0.1, 0.15) is 54.7 Å². The summed E-state index contributed by atoms with van der Waals surface area (Å²) >= 11 is 1.16. The first kappa shape index (κ1) is 22.5. The van der Waals surface area contributed by atoms with Crippen LogP contribution in [0.5, 0.6) is 0 Å². The lowest BCUT2D eigenvalue weighted by atomic mass is 10.2. The lowest BCUT2D eigenvalue weighted by Gasteiger charge is -2.15. The lowest BCUT2D eigenvalue weighted by Crippen LogP contribution is -2.31. The second kappa shape index (κ2) is 10.2. The van der Waals surface area contributed by atoms with Gasteiger partial charge in [0, 0.05) is 12.1 Å². The van der Waals surface area contributed by atoms with E-state index in [-0.39, 0.29) is 24.8 Å². The highest BCUT2D eigenvalue weighted by atomic mass is 32.2. The molecule has 3 rings (SSSR count). The van der Waals surface area contributed by atoms with Gasteiger partial charge in [-0.25, -0.2) is 14.7 Å². The summed E-state index contributed by atoms with van der Waals surface area (Å²) in [5.74, 6) is -1.14. The number of aromatic nitrogens is 1. The van der Waals surface area contributed by atoms with Gasteiger partial charge in [-0.1, -0.05) is 25.1 Å². The molecule has 1 fully saturated rings. The van der Waals surface area contributed by atoms with E-state index in [1.165, 1.54) is 12.1 Å². The van der Waals surface area contributed by atoms with Crippen molar-refractivity contribution in [3.8, 4) is 6.07 Å². The zero-order chi connectivity index (χ0) is 22.4. The molecule has 31 heavy (non-hydrogen) atoms. The van der Waals surface area contributed by atoms with E-state index in [2.05, 4.69) is 18.0 Å². The Labute approximate surface area is 185 Å². The number of hydrogen-bond acceptors (Lipinski definition) is 7. The number of esters is 1. The van der Waals surface area contributed by atoms with Crippen LogP contribution in [-0.2, 0) is 20.7 Å². The van der Waals surface area contributed by atoms with Crippen LogP contribution < -0.4 is 4.90 Å². The zero-order valence-electron chi connectivity index (χ0n) is 17.5. The Morgan fingerprint density at radius 1 is 1.23 bits per heavy atom. The van der Waals surface area contributed by atoms with Crippen LogP contribution in [0.25, 0.3) is 0 Å². The summed E-state index contributed by atoms with van der Waals surface area (Å²) < 4.78 is 4.95. The minimum atomic E-state index is -0.654. The standard InChI is InChI=1S/C23H23N3O4S/c1-3-5-6-17-10-7-16(14-24)21(25-17)31-19-13-20(27)26(22(19)28)18-11-8-15(9-12-18)23(29)30-4-2/h7-12,19H,3-6,13H2,1-2H3. The van der Waals surface area contributed by atoms with Crippen molar-refractivity contribution in [3.05, 3.63) is 53.2 Å². The topological polar surface area (TPSA) is 100 Å². The Kier molecular flexibility index (Phi) is 7.42. The number of carbonyl (C=O) groups is 3. The van der Waals surface area contributed by atoms with Gasteiger partial charge in [0.2, 0.25) is 11.8 Å². The monoisotopic (exact) mass is 437 g/mol. The number of hydrogen-bond donors (Lipinski definition) is 0. The molecular weight excluding hydrogens is 414 g/mol. The third-order valence-electron chi connectivity index (χ3n) is 4.82. The van der Waals surface area contributed by atoms with Crippen LogP contribution in [0.4, 0.5) is 5.69 Å². The number of amides is 2. The number of ether oxygens (including phenoxy) is 1. The smallest absolute Gasteiger partial charge is 0.338 e. The van der Waals surface area contributed by atoms with E-state index in [0.29, 0.717) is 21.8 Å². The molecule has 0 aliphatic carbocycles. The van der Waals surface area contributed by atoms with Gasteiger partial charge in [0.25, 0.3) is 0 Å². The molecule has 1 aromatic carbocycles. The minimum absolute atomic E-state index is 0.0227. The number of pyridine rings is 1. The van der Waals surface area contributed by atoms with Gasteiger partial charge in [0.15, 0.2) is 0 Å². The molecule has 0 saturated carbocycles. The van der Waals surface area contributed by atoms with Crippen LogP contribution in [0.3, 0.4) is 0 Å². The highest BCUT2D eigenvalue weighted by Gasteiger charge is 2.40. The Morgan fingerprint density at radius 2 is 1.97 bits per heavy atom. The number of aryl methyl sites for hydroxylation is 1. The van der Waals surface area contributed by atoms with Crippen molar-refractivity contribution >= 4 is 35.2 Å². The summed E-state index contributed by atoms with van der Waals surface area (Å²) in [6.07, 6.45) is 2.84. The molecule has 1 unspecified atom stereocenters. The van der Waals surface area contributed by atoms with E-state index < -0.39 is 11.2 Å². The number of benzene rings is 1. The van der Waals surface area contributed by atoms with Gasteiger partial charge in [0.1, 0.15) is 11.1 Å². The van der Waals surface area contributed by atoms with Crippen LogP contribution in [-0.4, -0.2) is 34.6 Å². The first-order valence-electron chi connectivity index (χ1n) is 10.2. The third kappa shape index (κ3) is 5.12. The molecule has 1 atom stereocenters. The van der Waals surface area contributed by atoms with Crippen molar-refractivity contribution in [2.24, 2.45) is 0 Å². The van der Waals surface area contributed by atoms with Crippen LogP contribution in [0.2, 0.25) is 0 Å². The lowest BCUT2D eigenvalue weighted by molar-refractivity contribution is -0.121. The Bertz CT molecular complexity index is 1030. The van der Waals surface area contributed by atoms with Crippen LogP contribution in [0.15, 0.2) is 41.4 Å². The second-order valence-corrected chi connectivity index (χ2v) is 8.21. The van der Waals surface area contributed by atoms with Crippen molar-refractivity contribution in [1.82, 2.24) is 4.98 Å². The molecule has 0 bridgehead atoms. The third-order valence-corrected chi connectivity index (χ3v) is 6.01. The van der Waals surface area contributed by atoms with Crippen molar-refractivity contribution in [2.75, 3.05) is 11.5 Å². The van der Waals surface area contributed by atoms with Gasteiger partial charge in [-0.05, 0) is 56.2 Å². The van der Waals surface area contributed by atoms with Gasteiger partial charge in [-0.2, -0.15) is 5.26 Å². The predicted octanol–water partition coefficient (Wildman–Crippen LogP) is 3.90. The molecule has 1 saturated heterocycles. The molecule has 2 heterocycles. The molecule has 1 aliphatic rings. The van der Waals surface area contributed by atoms with Gasteiger partial charge in [-0.15, -0.1) is 0 Å². The minimum Gasteiger partial charge on any atom is -0.462 e. The molecule has 160 valence electrons. The first-order chi connectivity index (χ1) is 15.0. The molecule has 0 spiro atoms. The molecule has 8 heteroatoms. The fourth-order valence-electron chi connectivity index (χ4n) is 3.21. The molecule has 1 aromatic heterocycles. The first-order valence-corrected chi connectivity index (χ1v) is 11.1. The highest BCUT2D eigenvalue weighted by Crippen LogP contribution is 2.34. The van der Waals surface area contributed by atoms with Gasteiger partial charge in [0.05, 0.1) is 28.7 Å². The molecule has 2 amide bonds. The summed E-state index contributed by atoms with van der Waals surface area (Å²) in [4.78, 5) is 43.1. The number of anilines is 1. The van der Waals surface area contributed by atoms with Crippen LogP contribution in [0, 0.1) is 11.3 Å². The predicted molar refractivity (Wildman–Crippen MR) is 117 cm³/mol. The van der Waals surface area contributed by atoms with Gasteiger partial charge >= 0.3 is 5.97 Å². The summed E-state index contributed by atoms with van der Waals surface area (Å²) in [5, 5.41) is 9.23. The SMILES string of the molecule is CCCCc1ccc(C#N)c(SC2CC(=O)N(c3ccc(C(=O)OCC)cc3)C2=O)n1. The number of thioether (sulfide) groups is 1. The average molecular weight is 438 g/mol. The van der Waals surface area contributed by atoms with Gasteiger partial charge in [-0.3, -0.25) is 9.59 Å². The maximum atomic E-state index is 13.0. The van der Waals surface area contributed by atoms with E-state index in [1.54, 1.807) is 25.1 Å². The van der Waals surface area contributed by atoms with Crippen molar-refractivity contribution in [2.45, 2.75) is 49.8 Å². The summed E-state index contributed by atoms with van der Waals surface area (Å²) in [6, 6.07) is 11.8. The fraction of sp³-hybridized carbons (Fsp3) is 0.348. The highest BCUT2D eigenvalue weighted by molar-refractivity contribution is 8.00. The van der Waals surface area contributed by atoms with Crippen molar-refractivity contribution < 1.29 is 19.1 Å². The zero-order valence-corrected chi connectivity index (χ0v) is 18.3. The van der Waals surface area contributed by atoms with E-state index in [1.807, 2.05) is 6.07 Å². The normalized spacial score (nSPS) is 15.8. The molecular formula is C23H23N3O4S. The number of nitrogens with zero attached hydrogens (tertiary/aromatic N) is 3. The summed E-state index contributed by atoms with van der Waals surface area (Å²) in [5.41, 5.74) is 2.01. The summed E-state index contributed by atoms with van der Waals surface area (Å²) in [6.45, 7) is 4.08. The molecule has 7 nitrogen and oxygen atoms in total. The van der Waals surface area contributed by atoms with Gasteiger partial charge < -0.3 is 4.74 Å². The number of imide groups is 1. The maximum absolute atomic E-state index is 13.0. The number of unbranched alkanes of at least 4 members (excludes halogenated alkanes) is 1. The quantitative estimate of drug-likeness (QED) is 0.456. The Morgan fingerprint density at radius 3 is 2.61 bits per heavy atom. The molecule has 2 aromatic rings. The number of nitriles is 1. The molecule has 0 radical (unpaired) electrons. The number of rotatable bonds is 8. The average Bonchev–Trinajstić information content (AvgIpc) is 3.05. The molecule has 0 N–H and O–H groups in total. The second-order valence-electron chi connectivity index (χ2n) is 7.02. The van der Waals surface area contributed by atoms with E-state index in [0.717, 1.165) is 41.6 Å². The van der Waals surface area contributed by atoms with E-state index in [9.17, 15) is 19.6 Å². The summed E-state index contributed by atoms with van der Waals surface area (Å²) in [7, 11) is 0. The fourth-order valence-corrected chi connectivity index (χ4v) is 4.33. The Balaban J connectivity index is 1.78. The largest absolute Gasteiger partial charge is 0.462 e. The van der Waals surface area contributed by atoms with E-state index >= 15 is 0 Å². The Hall–Kier alpha value is -3.18. The number of carbonyl (C=O) groups excluding carboxylic acids is 3. The van der Waals surface area contributed by atoms with Crippen LogP contribution >= 0.6 is 11.8 Å². The van der Waals surface area contributed by atoms with Crippen molar-refractivity contribution in [3.63, 3.8) is 0 Å². The molecule has 1 aliphatic heterocycles. The maximum Gasteiger partial charge on any atom is 0.338 e.